The molecule has 4 rings (SSSR count). The van der Waals surface area contributed by atoms with Gasteiger partial charge in [0.1, 0.15) is 4.88 Å². The second-order valence-corrected chi connectivity index (χ2v) is 10.0. The third kappa shape index (κ3) is 5.61. The van der Waals surface area contributed by atoms with Gasteiger partial charge >= 0.3 is 0 Å². The number of aryl methyl sites for hydroxylation is 3. The largest absolute Gasteiger partial charge is 0.333 e. The Morgan fingerprint density at radius 1 is 1.12 bits per heavy atom. The molecule has 1 aliphatic heterocycles. The van der Waals surface area contributed by atoms with Crippen LogP contribution in [0.4, 0.5) is 0 Å². The Morgan fingerprint density at radius 3 is 2.56 bits per heavy atom. The number of thiazole rings is 1. The predicted molar refractivity (Wildman–Crippen MR) is 130 cm³/mol. The van der Waals surface area contributed by atoms with E-state index >= 15 is 0 Å². The Balaban J connectivity index is 1.41. The number of likely N-dealkylation sites (tertiary alicyclic amines) is 1. The second-order valence-electron chi connectivity index (χ2n) is 8.84. The summed E-state index contributed by atoms with van der Waals surface area (Å²) in [6.45, 7) is 10.6. The van der Waals surface area contributed by atoms with Crippen LogP contribution in [0.2, 0.25) is 0 Å². The lowest BCUT2D eigenvalue weighted by atomic mass is 9.95. The fourth-order valence-corrected chi connectivity index (χ4v) is 5.36. The average molecular weight is 449 g/mol. The zero-order valence-electron chi connectivity index (χ0n) is 19.3. The SMILES string of the molecule is Cc1nc(C)c(C(=O)N(Cc2cccnc2)CC2CCN(Cc3ccccc3C)CC2)s1. The first-order chi connectivity index (χ1) is 15.5. The van der Waals surface area contributed by atoms with E-state index in [0.29, 0.717) is 12.5 Å². The van der Waals surface area contributed by atoms with Crippen LogP contribution in [0.25, 0.3) is 0 Å². The minimum absolute atomic E-state index is 0.0966. The highest BCUT2D eigenvalue weighted by Crippen LogP contribution is 2.25. The third-order valence-corrected chi connectivity index (χ3v) is 7.38. The molecule has 0 N–H and O–H groups in total. The number of carbonyl (C=O) groups excluding carboxylic acids is 1. The highest BCUT2D eigenvalue weighted by molar-refractivity contribution is 7.13. The predicted octanol–water partition coefficient (Wildman–Crippen LogP) is 5.02. The van der Waals surface area contributed by atoms with Gasteiger partial charge in [0.15, 0.2) is 0 Å². The minimum atomic E-state index is 0.0966. The minimum Gasteiger partial charge on any atom is -0.333 e. The van der Waals surface area contributed by atoms with Crippen molar-refractivity contribution in [3.63, 3.8) is 0 Å². The number of rotatable bonds is 7. The van der Waals surface area contributed by atoms with Crippen molar-refractivity contribution in [1.29, 1.82) is 0 Å². The molecule has 168 valence electrons. The lowest BCUT2D eigenvalue weighted by Crippen LogP contribution is -2.40. The van der Waals surface area contributed by atoms with Gasteiger partial charge in [0, 0.05) is 32.0 Å². The molecule has 1 fully saturated rings. The van der Waals surface area contributed by atoms with Crippen molar-refractivity contribution >= 4 is 17.2 Å². The molecule has 0 spiro atoms. The highest BCUT2D eigenvalue weighted by Gasteiger charge is 2.27. The van der Waals surface area contributed by atoms with Crippen LogP contribution < -0.4 is 0 Å². The molecule has 6 heteroatoms. The molecule has 32 heavy (non-hydrogen) atoms. The summed E-state index contributed by atoms with van der Waals surface area (Å²) in [5.74, 6) is 0.609. The number of pyridine rings is 1. The summed E-state index contributed by atoms with van der Waals surface area (Å²) >= 11 is 1.50. The maximum atomic E-state index is 13.5. The molecule has 1 saturated heterocycles. The van der Waals surface area contributed by atoms with Crippen molar-refractivity contribution in [3.05, 3.63) is 81.1 Å². The molecule has 3 heterocycles. The molecule has 3 aromatic rings. The Bertz CT molecular complexity index is 1040. The summed E-state index contributed by atoms with van der Waals surface area (Å²) in [6, 6.07) is 12.6. The van der Waals surface area contributed by atoms with Gasteiger partial charge in [0.2, 0.25) is 0 Å². The lowest BCUT2D eigenvalue weighted by molar-refractivity contribution is 0.0675. The fourth-order valence-electron chi connectivity index (χ4n) is 4.47. The van der Waals surface area contributed by atoms with E-state index < -0.39 is 0 Å². The van der Waals surface area contributed by atoms with Gasteiger partial charge in [-0.25, -0.2) is 4.98 Å². The van der Waals surface area contributed by atoms with Gasteiger partial charge in [-0.1, -0.05) is 30.3 Å². The van der Waals surface area contributed by atoms with Gasteiger partial charge < -0.3 is 4.90 Å². The quantitative estimate of drug-likeness (QED) is 0.509. The number of amides is 1. The van der Waals surface area contributed by atoms with Crippen molar-refractivity contribution < 1.29 is 4.79 Å². The van der Waals surface area contributed by atoms with E-state index in [0.717, 1.165) is 60.2 Å². The Labute approximate surface area is 195 Å². The fraction of sp³-hybridized carbons (Fsp3) is 0.423. The van der Waals surface area contributed by atoms with Crippen molar-refractivity contribution in [3.8, 4) is 0 Å². The van der Waals surface area contributed by atoms with E-state index in [4.69, 9.17) is 0 Å². The molecule has 0 saturated carbocycles. The van der Waals surface area contributed by atoms with Crippen LogP contribution in [0.3, 0.4) is 0 Å². The summed E-state index contributed by atoms with van der Waals surface area (Å²) in [5.41, 5.74) is 4.67. The van der Waals surface area contributed by atoms with E-state index in [2.05, 4.69) is 46.1 Å². The van der Waals surface area contributed by atoms with Crippen molar-refractivity contribution in [2.24, 2.45) is 5.92 Å². The Hall–Kier alpha value is -2.57. The van der Waals surface area contributed by atoms with Crippen LogP contribution in [0.1, 0.15) is 49.9 Å². The number of hydrogen-bond donors (Lipinski definition) is 0. The summed E-state index contributed by atoms with van der Waals surface area (Å²) < 4.78 is 0. The Kier molecular flexibility index (Phi) is 7.33. The molecule has 5 nitrogen and oxygen atoms in total. The first-order valence-corrected chi connectivity index (χ1v) is 12.2. The van der Waals surface area contributed by atoms with E-state index in [9.17, 15) is 4.79 Å². The van der Waals surface area contributed by atoms with Gasteiger partial charge in [-0.05, 0) is 75.4 Å². The molecule has 1 aromatic carbocycles. The smallest absolute Gasteiger partial charge is 0.266 e. The van der Waals surface area contributed by atoms with E-state index in [1.54, 1.807) is 6.20 Å². The highest BCUT2D eigenvalue weighted by atomic mass is 32.1. The molecule has 0 radical (unpaired) electrons. The van der Waals surface area contributed by atoms with Gasteiger partial charge in [-0.15, -0.1) is 11.3 Å². The molecule has 0 atom stereocenters. The zero-order chi connectivity index (χ0) is 22.5. The average Bonchev–Trinajstić information content (AvgIpc) is 3.14. The lowest BCUT2D eigenvalue weighted by Gasteiger charge is -2.35. The normalized spacial score (nSPS) is 15.1. The van der Waals surface area contributed by atoms with Crippen LogP contribution in [0.15, 0.2) is 48.8 Å². The van der Waals surface area contributed by atoms with Crippen molar-refractivity contribution in [2.45, 2.75) is 46.7 Å². The summed E-state index contributed by atoms with van der Waals surface area (Å²) in [6.07, 6.45) is 5.86. The van der Waals surface area contributed by atoms with Crippen LogP contribution in [-0.4, -0.2) is 45.3 Å². The zero-order valence-corrected chi connectivity index (χ0v) is 20.1. The van der Waals surface area contributed by atoms with Gasteiger partial charge in [0.25, 0.3) is 5.91 Å². The number of nitrogens with zero attached hydrogens (tertiary/aromatic N) is 4. The molecule has 1 amide bonds. The Morgan fingerprint density at radius 2 is 1.91 bits per heavy atom. The van der Waals surface area contributed by atoms with Crippen molar-refractivity contribution in [2.75, 3.05) is 19.6 Å². The molecular weight excluding hydrogens is 416 g/mol. The first-order valence-electron chi connectivity index (χ1n) is 11.4. The standard InChI is InChI=1S/C26H32N4OS/c1-19-7-4-5-9-24(19)18-29-13-10-22(11-14-29)16-30(17-23-8-6-12-27-15-23)26(31)25-20(2)28-21(3)32-25/h4-9,12,15,22H,10-11,13-14,16-18H2,1-3H3. The van der Waals surface area contributed by atoms with E-state index in [-0.39, 0.29) is 5.91 Å². The number of piperidine rings is 1. The van der Waals surface area contributed by atoms with Crippen LogP contribution in [-0.2, 0) is 13.1 Å². The first kappa shape index (κ1) is 22.6. The van der Waals surface area contributed by atoms with Gasteiger partial charge in [-0.3, -0.25) is 14.7 Å². The topological polar surface area (TPSA) is 49.3 Å². The number of aromatic nitrogens is 2. The molecule has 2 aromatic heterocycles. The third-order valence-electron chi connectivity index (χ3n) is 6.32. The van der Waals surface area contributed by atoms with Gasteiger partial charge in [-0.2, -0.15) is 0 Å². The molecule has 0 unspecified atom stereocenters. The van der Waals surface area contributed by atoms with Crippen LogP contribution in [0, 0.1) is 26.7 Å². The second kappa shape index (κ2) is 10.4. The van der Waals surface area contributed by atoms with Gasteiger partial charge in [0.05, 0.1) is 10.7 Å². The summed E-state index contributed by atoms with van der Waals surface area (Å²) in [5, 5.41) is 0.941. The molecule has 0 aliphatic carbocycles. The maximum Gasteiger partial charge on any atom is 0.266 e. The monoisotopic (exact) mass is 448 g/mol. The molecular formula is C26H32N4OS. The van der Waals surface area contributed by atoms with Crippen LogP contribution in [0.5, 0.6) is 0 Å². The maximum absolute atomic E-state index is 13.5. The number of hydrogen-bond acceptors (Lipinski definition) is 5. The number of carbonyl (C=O) groups is 1. The summed E-state index contributed by atoms with van der Waals surface area (Å²) in [4.78, 5) is 27.5. The van der Waals surface area contributed by atoms with Crippen LogP contribution >= 0.6 is 11.3 Å². The van der Waals surface area contributed by atoms with E-state index in [1.807, 2.05) is 37.1 Å². The summed E-state index contributed by atoms with van der Waals surface area (Å²) in [7, 11) is 0. The van der Waals surface area contributed by atoms with Crippen molar-refractivity contribution in [1.82, 2.24) is 19.8 Å². The number of benzene rings is 1. The molecule has 0 bridgehead atoms. The van der Waals surface area contributed by atoms with E-state index in [1.165, 1.54) is 22.5 Å². The molecule has 1 aliphatic rings.